The SMILES string of the molecule is N#Cc1cc([C@H](N)C2CCOCC2)c(O)c([N+](=O)[O-])c1. The molecular formula is C13H15N3O4. The molecule has 0 aromatic heterocycles. The lowest BCUT2D eigenvalue weighted by atomic mass is 9.86. The van der Waals surface area contributed by atoms with Crippen LogP contribution in [0.4, 0.5) is 5.69 Å². The second-order valence-corrected chi connectivity index (χ2v) is 4.78. The maximum atomic E-state index is 10.9. The molecule has 0 spiro atoms. The van der Waals surface area contributed by atoms with E-state index in [1.165, 1.54) is 6.07 Å². The molecule has 1 aromatic rings. The van der Waals surface area contributed by atoms with Gasteiger partial charge in [-0.05, 0) is 24.8 Å². The summed E-state index contributed by atoms with van der Waals surface area (Å²) >= 11 is 0. The third kappa shape index (κ3) is 2.71. The predicted octanol–water partition coefficient (Wildman–Crippen LogP) is 1.60. The molecule has 1 aliphatic rings. The summed E-state index contributed by atoms with van der Waals surface area (Å²) in [7, 11) is 0. The van der Waals surface area contributed by atoms with Crippen molar-refractivity contribution >= 4 is 5.69 Å². The lowest BCUT2D eigenvalue weighted by Crippen LogP contribution is -2.27. The zero-order valence-electron chi connectivity index (χ0n) is 10.8. The zero-order chi connectivity index (χ0) is 14.7. The van der Waals surface area contributed by atoms with Crippen LogP contribution in [-0.4, -0.2) is 23.2 Å². The minimum Gasteiger partial charge on any atom is -0.502 e. The summed E-state index contributed by atoms with van der Waals surface area (Å²) in [6.45, 7) is 1.17. The first-order chi connectivity index (χ1) is 9.54. The minimum atomic E-state index is -0.712. The first-order valence-electron chi connectivity index (χ1n) is 6.29. The van der Waals surface area contributed by atoms with Crippen LogP contribution in [0.15, 0.2) is 12.1 Å². The van der Waals surface area contributed by atoms with Gasteiger partial charge in [0.2, 0.25) is 0 Å². The molecular weight excluding hydrogens is 262 g/mol. The molecule has 7 heteroatoms. The summed E-state index contributed by atoms with van der Waals surface area (Å²) < 4.78 is 5.24. The number of nitrogens with zero attached hydrogens (tertiary/aromatic N) is 2. The molecule has 1 aliphatic heterocycles. The highest BCUT2D eigenvalue weighted by atomic mass is 16.6. The largest absolute Gasteiger partial charge is 0.502 e. The fraction of sp³-hybridized carbons (Fsp3) is 0.462. The number of aromatic hydroxyl groups is 1. The van der Waals surface area contributed by atoms with Gasteiger partial charge in [0.05, 0.1) is 16.6 Å². The summed E-state index contributed by atoms with van der Waals surface area (Å²) in [6, 6.07) is 3.77. The highest BCUT2D eigenvalue weighted by molar-refractivity contribution is 5.57. The second-order valence-electron chi connectivity index (χ2n) is 4.78. The Labute approximate surface area is 115 Å². The predicted molar refractivity (Wildman–Crippen MR) is 69.9 cm³/mol. The summed E-state index contributed by atoms with van der Waals surface area (Å²) in [6.07, 6.45) is 1.45. The van der Waals surface area contributed by atoms with Crippen molar-refractivity contribution < 1.29 is 14.8 Å². The van der Waals surface area contributed by atoms with Crippen molar-refractivity contribution in [3.63, 3.8) is 0 Å². The molecule has 1 atom stereocenters. The van der Waals surface area contributed by atoms with Crippen LogP contribution < -0.4 is 5.73 Å². The third-order valence-electron chi connectivity index (χ3n) is 3.58. The van der Waals surface area contributed by atoms with E-state index in [1.807, 2.05) is 6.07 Å². The van der Waals surface area contributed by atoms with Crippen molar-refractivity contribution in [2.45, 2.75) is 18.9 Å². The van der Waals surface area contributed by atoms with Crippen LogP contribution in [0.5, 0.6) is 5.75 Å². The van der Waals surface area contributed by atoms with Gasteiger partial charge in [-0.1, -0.05) is 0 Å². The topological polar surface area (TPSA) is 122 Å². The first kappa shape index (κ1) is 14.2. The van der Waals surface area contributed by atoms with Gasteiger partial charge in [-0.25, -0.2) is 0 Å². The maximum Gasteiger partial charge on any atom is 0.312 e. The summed E-state index contributed by atoms with van der Waals surface area (Å²) in [5.74, 6) is -0.379. The van der Waals surface area contributed by atoms with Gasteiger partial charge in [0.25, 0.3) is 0 Å². The Kier molecular flexibility index (Phi) is 4.17. The highest BCUT2D eigenvalue weighted by Crippen LogP contribution is 2.38. The molecule has 2 rings (SSSR count). The molecule has 0 bridgehead atoms. The number of benzene rings is 1. The smallest absolute Gasteiger partial charge is 0.312 e. The van der Waals surface area contributed by atoms with Crippen LogP contribution in [-0.2, 0) is 4.74 Å². The van der Waals surface area contributed by atoms with Gasteiger partial charge in [0, 0.05) is 30.9 Å². The lowest BCUT2D eigenvalue weighted by molar-refractivity contribution is -0.386. The van der Waals surface area contributed by atoms with Crippen LogP contribution in [0.1, 0.15) is 30.0 Å². The van der Waals surface area contributed by atoms with Crippen molar-refractivity contribution in [3.8, 4) is 11.8 Å². The van der Waals surface area contributed by atoms with Crippen LogP contribution in [0, 0.1) is 27.4 Å². The quantitative estimate of drug-likeness (QED) is 0.639. The van der Waals surface area contributed by atoms with Gasteiger partial charge in [-0.3, -0.25) is 10.1 Å². The second kappa shape index (κ2) is 5.86. The standard InChI is InChI=1S/C13H15N3O4/c14-7-8-5-10(13(17)11(6-8)16(18)19)12(15)9-1-3-20-4-2-9/h5-6,9,12,17H,1-4,15H2/t12-/m1/s1. The van der Waals surface area contributed by atoms with E-state index in [0.29, 0.717) is 13.2 Å². The van der Waals surface area contributed by atoms with Gasteiger partial charge in [-0.2, -0.15) is 5.26 Å². The number of phenolic OH excluding ortho intramolecular Hbond substituents is 1. The molecule has 0 saturated carbocycles. The van der Waals surface area contributed by atoms with E-state index >= 15 is 0 Å². The fourth-order valence-electron chi connectivity index (χ4n) is 2.43. The third-order valence-corrected chi connectivity index (χ3v) is 3.58. The molecule has 0 aliphatic carbocycles. The number of phenols is 1. The van der Waals surface area contributed by atoms with E-state index in [9.17, 15) is 15.2 Å². The molecule has 0 unspecified atom stereocenters. The molecule has 3 N–H and O–H groups in total. The summed E-state index contributed by atoms with van der Waals surface area (Å²) in [5, 5.41) is 29.9. The van der Waals surface area contributed by atoms with Crippen molar-refractivity contribution in [1.29, 1.82) is 5.26 Å². The molecule has 0 radical (unpaired) electrons. The van der Waals surface area contributed by atoms with Crippen molar-refractivity contribution in [2.75, 3.05) is 13.2 Å². The van der Waals surface area contributed by atoms with Gasteiger partial charge >= 0.3 is 5.69 Å². The summed E-state index contributed by atoms with van der Waals surface area (Å²) in [5.41, 5.74) is 6.00. The Morgan fingerprint density at radius 1 is 1.50 bits per heavy atom. The van der Waals surface area contributed by atoms with Gasteiger partial charge < -0.3 is 15.6 Å². The number of rotatable bonds is 3. The van der Waals surface area contributed by atoms with Crippen LogP contribution in [0.3, 0.4) is 0 Å². The number of nitrogens with two attached hydrogens (primary N) is 1. The van der Waals surface area contributed by atoms with Gasteiger partial charge in [-0.15, -0.1) is 0 Å². The van der Waals surface area contributed by atoms with Crippen LogP contribution in [0.2, 0.25) is 0 Å². The van der Waals surface area contributed by atoms with Crippen molar-refractivity contribution in [2.24, 2.45) is 11.7 Å². The Hall–Kier alpha value is -2.17. The van der Waals surface area contributed by atoms with Crippen molar-refractivity contribution in [1.82, 2.24) is 0 Å². The normalized spacial score (nSPS) is 17.4. The average Bonchev–Trinajstić information content (AvgIpc) is 2.47. The summed E-state index contributed by atoms with van der Waals surface area (Å²) in [4.78, 5) is 10.2. The van der Waals surface area contributed by atoms with E-state index in [2.05, 4.69) is 0 Å². The number of nitro benzene ring substituents is 1. The molecule has 106 valence electrons. The average molecular weight is 277 g/mol. The van der Waals surface area contributed by atoms with Crippen LogP contribution in [0.25, 0.3) is 0 Å². The van der Waals surface area contributed by atoms with Gasteiger partial charge in [0.15, 0.2) is 5.75 Å². The molecule has 1 saturated heterocycles. The fourth-order valence-corrected chi connectivity index (χ4v) is 2.43. The Bertz CT molecular complexity index is 561. The van der Waals surface area contributed by atoms with E-state index in [-0.39, 0.29) is 17.0 Å². The minimum absolute atomic E-state index is 0.0724. The Morgan fingerprint density at radius 2 is 2.15 bits per heavy atom. The molecule has 0 amide bonds. The van der Waals surface area contributed by atoms with Crippen LogP contribution >= 0.6 is 0 Å². The molecule has 20 heavy (non-hydrogen) atoms. The maximum absolute atomic E-state index is 10.9. The number of ether oxygens (including phenoxy) is 1. The lowest BCUT2D eigenvalue weighted by Gasteiger charge is -2.28. The van der Waals surface area contributed by atoms with Gasteiger partial charge in [0.1, 0.15) is 0 Å². The van der Waals surface area contributed by atoms with E-state index in [1.54, 1.807) is 0 Å². The highest BCUT2D eigenvalue weighted by Gasteiger charge is 2.28. The Morgan fingerprint density at radius 3 is 2.70 bits per heavy atom. The first-order valence-corrected chi connectivity index (χ1v) is 6.29. The molecule has 1 fully saturated rings. The monoisotopic (exact) mass is 277 g/mol. The molecule has 7 nitrogen and oxygen atoms in total. The van der Waals surface area contributed by atoms with E-state index in [4.69, 9.17) is 15.7 Å². The molecule has 1 aromatic carbocycles. The molecule has 1 heterocycles. The van der Waals surface area contributed by atoms with Crippen molar-refractivity contribution in [3.05, 3.63) is 33.4 Å². The number of hydrogen-bond donors (Lipinski definition) is 2. The van der Waals surface area contributed by atoms with E-state index < -0.39 is 22.4 Å². The number of hydrogen-bond acceptors (Lipinski definition) is 6. The number of nitro groups is 1. The zero-order valence-corrected chi connectivity index (χ0v) is 10.8. The van der Waals surface area contributed by atoms with E-state index in [0.717, 1.165) is 18.9 Å². The Balaban J connectivity index is 2.41. The number of nitriles is 1.